The second-order valence-electron chi connectivity index (χ2n) is 5.12. The van der Waals surface area contributed by atoms with Crippen LogP contribution in [0.5, 0.6) is 5.75 Å². The minimum atomic E-state index is 0.0389. The number of nitrogens with zero attached hydrogens (tertiary/aromatic N) is 2. The molecule has 0 bridgehead atoms. The van der Waals surface area contributed by atoms with Crippen molar-refractivity contribution < 1.29 is 4.74 Å². The summed E-state index contributed by atoms with van der Waals surface area (Å²) in [7, 11) is 1.98. The average Bonchev–Trinajstić information content (AvgIpc) is 3.03. The van der Waals surface area contributed by atoms with Crippen LogP contribution in [0.15, 0.2) is 30.7 Å². The summed E-state index contributed by atoms with van der Waals surface area (Å²) in [6, 6.07) is 6.50. The molecule has 4 nitrogen and oxygen atoms in total. The average molecular weight is 257 g/mol. The second-order valence-corrected chi connectivity index (χ2v) is 5.12. The quantitative estimate of drug-likeness (QED) is 0.911. The van der Waals surface area contributed by atoms with Crippen molar-refractivity contribution in [2.24, 2.45) is 12.8 Å². The fourth-order valence-electron chi connectivity index (χ4n) is 2.59. The van der Waals surface area contributed by atoms with Crippen molar-refractivity contribution in [2.45, 2.75) is 25.3 Å². The predicted octanol–water partition coefficient (Wildman–Crippen LogP) is 1.99. The van der Waals surface area contributed by atoms with E-state index in [1.807, 2.05) is 17.8 Å². The van der Waals surface area contributed by atoms with Gasteiger partial charge in [-0.1, -0.05) is 12.1 Å². The Morgan fingerprint density at radius 2 is 2.37 bits per heavy atom. The van der Waals surface area contributed by atoms with Gasteiger partial charge in [0.15, 0.2) is 0 Å². The van der Waals surface area contributed by atoms with Crippen molar-refractivity contribution in [3.63, 3.8) is 0 Å². The monoisotopic (exact) mass is 257 g/mol. The van der Waals surface area contributed by atoms with E-state index in [1.165, 1.54) is 11.1 Å². The van der Waals surface area contributed by atoms with E-state index in [0.29, 0.717) is 0 Å². The van der Waals surface area contributed by atoms with E-state index in [4.69, 9.17) is 10.5 Å². The van der Waals surface area contributed by atoms with Gasteiger partial charge in [0.1, 0.15) is 5.75 Å². The summed E-state index contributed by atoms with van der Waals surface area (Å²) in [5.41, 5.74) is 9.96. The molecule has 0 spiro atoms. The molecule has 2 heterocycles. The summed E-state index contributed by atoms with van der Waals surface area (Å²) in [4.78, 5) is 4.11. The zero-order valence-corrected chi connectivity index (χ0v) is 11.2. The van der Waals surface area contributed by atoms with E-state index >= 15 is 0 Å². The topological polar surface area (TPSA) is 53.1 Å². The normalized spacial score (nSPS) is 15.1. The van der Waals surface area contributed by atoms with Gasteiger partial charge in [0, 0.05) is 25.7 Å². The van der Waals surface area contributed by atoms with Crippen LogP contribution < -0.4 is 10.5 Å². The number of aryl methyl sites for hydroxylation is 2. The number of rotatable bonds is 4. The first-order valence-electron chi connectivity index (χ1n) is 6.70. The molecule has 2 N–H and O–H groups in total. The summed E-state index contributed by atoms with van der Waals surface area (Å²) in [6.07, 6.45) is 6.58. The highest BCUT2D eigenvalue weighted by atomic mass is 16.5. The van der Waals surface area contributed by atoms with Crippen LogP contribution in [0.2, 0.25) is 0 Å². The van der Waals surface area contributed by atoms with Crippen LogP contribution in [0.3, 0.4) is 0 Å². The van der Waals surface area contributed by atoms with Crippen LogP contribution in [0.4, 0.5) is 0 Å². The van der Waals surface area contributed by atoms with Crippen molar-refractivity contribution >= 4 is 0 Å². The Balaban J connectivity index is 1.65. The van der Waals surface area contributed by atoms with Crippen molar-refractivity contribution in [2.75, 3.05) is 6.61 Å². The van der Waals surface area contributed by atoms with E-state index in [9.17, 15) is 0 Å². The summed E-state index contributed by atoms with van der Waals surface area (Å²) in [6.45, 7) is 0.813. The van der Waals surface area contributed by atoms with Crippen LogP contribution in [0, 0.1) is 0 Å². The van der Waals surface area contributed by atoms with E-state index in [-0.39, 0.29) is 6.04 Å². The molecule has 0 saturated heterocycles. The fraction of sp³-hybridized carbons (Fsp3) is 0.400. The molecular weight excluding hydrogens is 238 g/mol. The first kappa shape index (κ1) is 12.2. The Labute approximate surface area is 113 Å². The van der Waals surface area contributed by atoms with Gasteiger partial charge in [-0.25, -0.2) is 4.98 Å². The molecule has 100 valence electrons. The highest BCUT2D eigenvalue weighted by Crippen LogP contribution is 2.27. The SMILES string of the molecule is Cn1cncc1C(N)CCc1ccc2c(c1)CCO2. The van der Waals surface area contributed by atoms with Crippen LogP contribution >= 0.6 is 0 Å². The lowest BCUT2D eigenvalue weighted by Gasteiger charge is -2.12. The zero-order valence-electron chi connectivity index (χ0n) is 11.2. The standard InChI is InChI=1S/C15H19N3O/c1-18-10-17-9-14(18)13(16)4-2-11-3-5-15-12(8-11)6-7-19-15/h3,5,8-10,13H,2,4,6-7,16H2,1H3. The van der Waals surface area contributed by atoms with Crippen LogP contribution in [-0.2, 0) is 19.9 Å². The summed E-state index contributed by atoms with van der Waals surface area (Å²) in [5.74, 6) is 1.04. The molecule has 1 aliphatic heterocycles. The third-order valence-electron chi connectivity index (χ3n) is 3.73. The Bertz CT molecular complexity index is 577. The molecule has 0 amide bonds. The van der Waals surface area contributed by atoms with Crippen molar-refractivity contribution in [1.29, 1.82) is 0 Å². The molecular formula is C15H19N3O. The van der Waals surface area contributed by atoms with E-state index < -0.39 is 0 Å². The molecule has 2 aromatic rings. The Morgan fingerprint density at radius 1 is 1.47 bits per heavy atom. The van der Waals surface area contributed by atoms with Gasteiger partial charge in [-0.3, -0.25) is 0 Å². The number of benzene rings is 1. The molecule has 19 heavy (non-hydrogen) atoms. The molecule has 0 aliphatic carbocycles. The van der Waals surface area contributed by atoms with Gasteiger partial charge in [0.2, 0.25) is 0 Å². The van der Waals surface area contributed by atoms with Crippen LogP contribution in [-0.4, -0.2) is 16.2 Å². The third kappa shape index (κ3) is 2.49. The minimum absolute atomic E-state index is 0.0389. The van der Waals surface area contributed by atoms with Gasteiger partial charge < -0.3 is 15.0 Å². The maximum atomic E-state index is 6.22. The first-order chi connectivity index (χ1) is 9.24. The molecule has 1 aromatic heterocycles. The number of hydrogen-bond donors (Lipinski definition) is 1. The Hall–Kier alpha value is -1.81. The lowest BCUT2D eigenvalue weighted by Crippen LogP contribution is -2.14. The summed E-state index contributed by atoms with van der Waals surface area (Å²) >= 11 is 0. The second kappa shape index (κ2) is 5.05. The molecule has 1 atom stereocenters. The summed E-state index contributed by atoms with van der Waals surface area (Å²) < 4.78 is 7.50. The molecule has 0 fully saturated rings. The third-order valence-corrected chi connectivity index (χ3v) is 3.73. The molecule has 1 aromatic carbocycles. The number of imidazole rings is 1. The van der Waals surface area contributed by atoms with Gasteiger partial charge in [-0.05, 0) is 30.0 Å². The van der Waals surface area contributed by atoms with Gasteiger partial charge in [0.25, 0.3) is 0 Å². The number of ether oxygens (including phenoxy) is 1. The zero-order chi connectivity index (χ0) is 13.2. The number of hydrogen-bond acceptors (Lipinski definition) is 3. The van der Waals surface area contributed by atoms with Gasteiger partial charge >= 0.3 is 0 Å². The van der Waals surface area contributed by atoms with Crippen molar-refractivity contribution in [3.05, 3.63) is 47.5 Å². The highest BCUT2D eigenvalue weighted by Gasteiger charge is 2.13. The number of fused-ring (bicyclic) bond motifs is 1. The van der Waals surface area contributed by atoms with Gasteiger partial charge in [-0.15, -0.1) is 0 Å². The van der Waals surface area contributed by atoms with Gasteiger partial charge in [0.05, 0.1) is 18.6 Å². The fourth-order valence-corrected chi connectivity index (χ4v) is 2.59. The highest BCUT2D eigenvalue weighted by molar-refractivity contribution is 5.39. The molecule has 1 unspecified atom stereocenters. The van der Waals surface area contributed by atoms with Crippen LogP contribution in [0.1, 0.15) is 29.3 Å². The van der Waals surface area contributed by atoms with E-state index in [2.05, 4.69) is 23.2 Å². The molecule has 1 aliphatic rings. The van der Waals surface area contributed by atoms with Gasteiger partial charge in [-0.2, -0.15) is 0 Å². The number of aromatic nitrogens is 2. The molecule has 4 heteroatoms. The molecule has 0 saturated carbocycles. The Morgan fingerprint density at radius 3 is 3.16 bits per heavy atom. The lowest BCUT2D eigenvalue weighted by atomic mass is 10.0. The smallest absolute Gasteiger partial charge is 0.122 e. The maximum Gasteiger partial charge on any atom is 0.122 e. The number of nitrogens with two attached hydrogens (primary N) is 1. The lowest BCUT2D eigenvalue weighted by molar-refractivity contribution is 0.357. The largest absolute Gasteiger partial charge is 0.493 e. The van der Waals surface area contributed by atoms with Crippen LogP contribution in [0.25, 0.3) is 0 Å². The molecule has 0 radical (unpaired) electrons. The van der Waals surface area contributed by atoms with E-state index in [0.717, 1.165) is 37.3 Å². The molecule has 3 rings (SSSR count). The Kier molecular flexibility index (Phi) is 3.25. The summed E-state index contributed by atoms with van der Waals surface area (Å²) in [5, 5.41) is 0. The van der Waals surface area contributed by atoms with Crippen molar-refractivity contribution in [1.82, 2.24) is 9.55 Å². The minimum Gasteiger partial charge on any atom is -0.493 e. The first-order valence-corrected chi connectivity index (χ1v) is 6.70. The van der Waals surface area contributed by atoms with E-state index in [1.54, 1.807) is 6.33 Å². The maximum absolute atomic E-state index is 6.22. The predicted molar refractivity (Wildman–Crippen MR) is 74.1 cm³/mol. The van der Waals surface area contributed by atoms with Crippen molar-refractivity contribution in [3.8, 4) is 5.75 Å².